The van der Waals surface area contributed by atoms with Crippen LogP contribution in [0.3, 0.4) is 0 Å². The summed E-state index contributed by atoms with van der Waals surface area (Å²) < 4.78 is 0. The number of hydrogen-bond donors (Lipinski definition) is 3. The number of anilines is 1. The predicted molar refractivity (Wildman–Crippen MR) is 75.6 cm³/mol. The van der Waals surface area contributed by atoms with Crippen LogP contribution in [0.1, 0.15) is 24.4 Å². The number of carboxylic acids is 1. The Morgan fingerprint density at radius 2 is 1.81 bits per heavy atom. The highest BCUT2D eigenvalue weighted by molar-refractivity contribution is 6.02. The van der Waals surface area contributed by atoms with E-state index in [1.165, 1.54) is 0 Å². The second kappa shape index (κ2) is 6.36. The Morgan fingerprint density at radius 1 is 1.24 bits per heavy atom. The van der Waals surface area contributed by atoms with Crippen molar-refractivity contribution < 1.29 is 19.5 Å². The number of amides is 2. The third kappa shape index (κ3) is 4.03. The summed E-state index contributed by atoms with van der Waals surface area (Å²) in [5.41, 5.74) is 7.50. The lowest BCUT2D eigenvalue weighted by atomic mass is 10.0. The lowest BCUT2D eigenvalue weighted by Crippen LogP contribution is -2.51. The molecule has 1 saturated heterocycles. The number of nitrogens with zero attached hydrogens (tertiary/aromatic N) is 1. The first kappa shape index (κ1) is 15.0. The lowest BCUT2D eigenvalue weighted by Gasteiger charge is -2.27. The van der Waals surface area contributed by atoms with Crippen molar-refractivity contribution in [3.8, 4) is 0 Å². The zero-order valence-corrected chi connectivity index (χ0v) is 11.4. The monoisotopic (exact) mass is 291 g/mol. The number of carboxylic acid groups (broad SMARTS) is 1. The number of imide groups is 1. The number of aliphatic carboxylic acids is 1. The average Bonchev–Trinajstić information content (AvgIpc) is 2.44. The zero-order valence-electron chi connectivity index (χ0n) is 11.4. The zero-order chi connectivity index (χ0) is 15.4. The fraction of sp³-hybridized carbons (Fsp3) is 0.357. The molecule has 0 radical (unpaired) electrons. The maximum atomic E-state index is 11.3. The SMILES string of the molecule is NC(CCC(=O)O)c1ccc(N2CC(=O)NC(=O)C2)cc1. The molecule has 112 valence electrons. The van der Waals surface area contributed by atoms with E-state index in [2.05, 4.69) is 5.32 Å². The van der Waals surface area contributed by atoms with Gasteiger partial charge < -0.3 is 15.7 Å². The average molecular weight is 291 g/mol. The van der Waals surface area contributed by atoms with Crippen LogP contribution in [0.2, 0.25) is 0 Å². The molecule has 1 unspecified atom stereocenters. The van der Waals surface area contributed by atoms with E-state index in [9.17, 15) is 14.4 Å². The number of carbonyl (C=O) groups excluding carboxylic acids is 2. The molecule has 7 nitrogen and oxygen atoms in total. The van der Waals surface area contributed by atoms with Gasteiger partial charge in [-0.15, -0.1) is 0 Å². The molecule has 0 spiro atoms. The van der Waals surface area contributed by atoms with Gasteiger partial charge in [-0.3, -0.25) is 19.7 Å². The molecule has 4 N–H and O–H groups in total. The second-order valence-electron chi connectivity index (χ2n) is 4.96. The van der Waals surface area contributed by atoms with Gasteiger partial charge in [-0.25, -0.2) is 0 Å². The number of benzene rings is 1. The first-order valence-corrected chi connectivity index (χ1v) is 6.60. The van der Waals surface area contributed by atoms with Crippen LogP contribution >= 0.6 is 0 Å². The number of nitrogens with two attached hydrogens (primary N) is 1. The van der Waals surface area contributed by atoms with Crippen molar-refractivity contribution >= 4 is 23.5 Å². The van der Waals surface area contributed by atoms with Crippen molar-refractivity contribution in [1.82, 2.24) is 5.32 Å². The molecule has 0 saturated carbocycles. The number of hydrogen-bond acceptors (Lipinski definition) is 5. The molecule has 0 aromatic heterocycles. The van der Waals surface area contributed by atoms with Gasteiger partial charge in [-0.1, -0.05) is 12.1 Å². The summed E-state index contributed by atoms with van der Waals surface area (Å²) in [6.07, 6.45) is 0.378. The van der Waals surface area contributed by atoms with Crippen molar-refractivity contribution in [2.45, 2.75) is 18.9 Å². The van der Waals surface area contributed by atoms with Gasteiger partial charge in [-0.2, -0.15) is 0 Å². The number of nitrogens with one attached hydrogen (secondary N) is 1. The van der Waals surface area contributed by atoms with E-state index >= 15 is 0 Å². The van der Waals surface area contributed by atoms with Crippen LogP contribution in [0, 0.1) is 0 Å². The van der Waals surface area contributed by atoms with Crippen molar-refractivity contribution in [3.63, 3.8) is 0 Å². The van der Waals surface area contributed by atoms with Gasteiger partial charge in [0.25, 0.3) is 0 Å². The quantitative estimate of drug-likeness (QED) is 0.659. The lowest BCUT2D eigenvalue weighted by molar-refractivity contribution is -0.137. The Labute approximate surface area is 121 Å². The molecule has 7 heteroatoms. The third-order valence-electron chi connectivity index (χ3n) is 3.30. The van der Waals surface area contributed by atoms with Crippen LogP contribution in [0.25, 0.3) is 0 Å². The minimum absolute atomic E-state index is 0.0176. The van der Waals surface area contributed by atoms with Gasteiger partial charge in [-0.05, 0) is 24.1 Å². The van der Waals surface area contributed by atoms with Gasteiger partial charge in [0.15, 0.2) is 0 Å². The Bertz CT molecular complexity index is 540. The van der Waals surface area contributed by atoms with Crippen LogP contribution in [0.15, 0.2) is 24.3 Å². The van der Waals surface area contributed by atoms with Crippen molar-refractivity contribution in [2.75, 3.05) is 18.0 Å². The molecule has 2 amide bonds. The predicted octanol–water partition coefficient (Wildman–Crippen LogP) is 0.0140. The Kier molecular flexibility index (Phi) is 4.54. The van der Waals surface area contributed by atoms with Crippen molar-refractivity contribution in [3.05, 3.63) is 29.8 Å². The van der Waals surface area contributed by atoms with Gasteiger partial charge in [0.05, 0.1) is 13.1 Å². The second-order valence-corrected chi connectivity index (χ2v) is 4.96. The van der Waals surface area contributed by atoms with E-state index < -0.39 is 5.97 Å². The molecule has 1 aliphatic rings. The topological polar surface area (TPSA) is 113 Å². The minimum Gasteiger partial charge on any atom is -0.481 e. The number of carbonyl (C=O) groups is 3. The standard InChI is InChI=1S/C14H17N3O4/c15-11(5-6-14(20)21)9-1-3-10(4-2-9)17-7-12(18)16-13(19)8-17/h1-4,11H,5-8,15H2,(H,20,21)(H,16,18,19). The molecular weight excluding hydrogens is 274 g/mol. The van der Waals surface area contributed by atoms with Crippen LogP contribution in [-0.2, 0) is 14.4 Å². The summed E-state index contributed by atoms with van der Waals surface area (Å²) in [4.78, 5) is 34.9. The van der Waals surface area contributed by atoms with Crippen LogP contribution in [-0.4, -0.2) is 36.0 Å². The molecule has 1 aromatic carbocycles. The van der Waals surface area contributed by atoms with E-state index in [0.717, 1.165) is 11.3 Å². The first-order chi connectivity index (χ1) is 9.95. The maximum Gasteiger partial charge on any atom is 0.303 e. The Balaban J connectivity index is 2.03. The summed E-state index contributed by atoms with van der Waals surface area (Å²) in [6.45, 7) is 0.270. The minimum atomic E-state index is -0.875. The Morgan fingerprint density at radius 3 is 2.33 bits per heavy atom. The van der Waals surface area contributed by atoms with Crippen LogP contribution in [0.5, 0.6) is 0 Å². The summed E-state index contributed by atoms with van der Waals surface area (Å²) in [5.74, 6) is -1.53. The molecule has 1 fully saturated rings. The summed E-state index contributed by atoms with van der Waals surface area (Å²) in [7, 11) is 0. The molecule has 1 aromatic rings. The van der Waals surface area contributed by atoms with Crippen LogP contribution in [0.4, 0.5) is 5.69 Å². The summed E-state index contributed by atoms with van der Waals surface area (Å²) in [6, 6.07) is 6.79. The van der Waals surface area contributed by atoms with E-state index in [1.807, 2.05) is 0 Å². The maximum absolute atomic E-state index is 11.3. The van der Waals surface area contributed by atoms with E-state index in [4.69, 9.17) is 10.8 Å². The fourth-order valence-electron chi connectivity index (χ4n) is 2.20. The highest BCUT2D eigenvalue weighted by Crippen LogP contribution is 2.21. The van der Waals surface area contributed by atoms with Gasteiger partial charge in [0, 0.05) is 18.2 Å². The van der Waals surface area contributed by atoms with Crippen molar-refractivity contribution in [1.29, 1.82) is 0 Å². The fourth-order valence-corrected chi connectivity index (χ4v) is 2.20. The largest absolute Gasteiger partial charge is 0.481 e. The number of piperazine rings is 1. The van der Waals surface area contributed by atoms with Gasteiger partial charge in [0.1, 0.15) is 0 Å². The normalized spacial score (nSPS) is 16.5. The van der Waals surface area contributed by atoms with Gasteiger partial charge >= 0.3 is 5.97 Å². The highest BCUT2D eigenvalue weighted by Gasteiger charge is 2.22. The molecule has 1 heterocycles. The molecule has 0 aliphatic carbocycles. The summed E-state index contributed by atoms with van der Waals surface area (Å²) >= 11 is 0. The van der Waals surface area contributed by atoms with Crippen LogP contribution < -0.4 is 16.0 Å². The smallest absolute Gasteiger partial charge is 0.303 e. The van der Waals surface area contributed by atoms with E-state index in [1.54, 1.807) is 29.2 Å². The molecule has 0 bridgehead atoms. The molecule has 1 aliphatic heterocycles. The van der Waals surface area contributed by atoms with Gasteiger partial charge in [0.2, 0.25) is 11.8 Å². The Hall–Kier alpha value is -2.41. The van der Waals surface area contributed by atoms with E-state index in [0.29, 0.717) is 6.42 Å². The highest BCUT2D eigenvalue weighted by atomic mass is 16.4. The summed E-state index contributed by atoms with van der Waals surface area (Å²) in [5, 5.41) is 10.9. The first-order valence-electron chi connectivity index (χ1n) is 6.60. The number of rotatable bonds is 5. The molecular formula is C14H17N3O4. The molecule has 21 heavy (non-hydrogen) atoms. The molecule has 1 atom stereocenters. The van der Waals surface area contributed by atoms with E-state index in [-0.39, 0.29) is 37.4 Å². The molecule has 2 rings (SSSR count). The third-order valence-corrected chi connectivity index (χ3v) is 3.30. The van der Waals surface area contributed by atoms with Crippen molar-refractivity contribution in [2.24, 2.45) is 5.73 Å².